The van der Waals surface area contributed by atoms with E-state index in [1.165, 1.54) is 0 Å². The van der Waals surface area contributed by atoms with Gasteiger partial charge in [0.2, 0.25) is 11.8 Å². The lowest BCUT2D eigenvalue weighted by Gasteiger charge is -2.43. The molecule has 170 valence electrons. The molecular weight excluding hydrogens is 414 g/mol. The standard InChI is InChI=1S/C27H29N3O3/c1-7-15-8-16-14(2)10-26(5,6)30-22(16)17(9-15)27(24(30)32)18(13-28)23(29)33-20-12-25(3,4)11-19(31)21(20)27/h8-10H,7,11-12,29H2,1-6H3. The number of fused-ring (bicyclic) bond motifs is 2. The predicted molar refractivity (Wildman–Crippen MR) is 126 cm³/mol. The highest BCUT2D eigenvalue weighted by atomic mass is 16.5. The molecule has 0 aromatic heterocycles. The second kappa shape index (κ2) is 6.38. The quantitative estimate of drug-likeness (QED) is 0.694. The molecule has 1 unspecified atom stereocenters. The van der Waals surface area contributed by atoms with Gasteiger partial charge in [0.05, 0.1) is 16.8 Å². The van der Waals surface area contributed by atoms with Gasteiger partial charge in [-0.05, 0) is 49.8 Å². The van der Waals surface area contributed by atoms with Crippen LogP contribution in [-0.4, -0.2) is 17.2 Å². The Labute approximate surface area is 194 Å². The molecular formula is C27H29N3O3. The van der Waals surface area contributed by atoms with E-state index >= 15 is 0 Å². The maximum absolute atomic E-state index is 14.6. The summed E-state index contributed by atoms with van der Waals surface area (Å²) in [6, 6.07) is 6.27. The Morgan fingerprint density at radius 3 is 2.52 bits per heavy atom. The third-order valence-electron chi connectivity index (χ3n) is 7.48. The molecule has 5 rings (SSSR count). The molecule has 1 spiro atoms. The first-order valence-corrected chi connectivity index (χ1v) is 11.5. The third kappa shape index (κ3) is 2.54. The number of anilines is 1. The van der Waals surface area contributed by atoms with Gasteiger partial charge in [-0.2, -0.15) is 5.26 Å². The number of nitriles is 1. The summed E-state index contributed by atoms with van der Waals surface area (Å²) in [5.41, 5.74) is 8.59. The van der Waals surface area contributed by atoms with E-state index in [9.17, 15) is 14.9 Å². The second-order valence-corrected chi connectivity index (χ2v) is 11.0. The fourth-order valence-corrected chi connectivity index (χ4v) is 6.22. The molecule has 0 saturated heterocycles. The van der Waals surface area contributed by atoms with Crippen molar-refractivity contribution in [1.29, 1.82) is 5.26 Å². The Bertz CT molecular complexity index is 1300. The minimum atomic E-state index is -1.58. The smallest absolute Gasteiger partial charge is 0.248 e. The van der Waals surface area contributed by atoms with Crippen LogP contribution in [0.25, 0.3) is 5.57 Å². The Morgan fingerprint density at radius 2 is 1.88 bits per heavy atom. The molecule has 0 radical (unpaired) electrons. The largest absolute Gasteiger partial charge is 0.444 e. The molecule has 33 heavy (non-hydrogen) atoms. The normalized spacial score (nSPS) is 26.7. The number of allylic oxidation sites excluding steroid dienone is 2. The van der Waals surface area contributed by atoms with Gasteiger partial charge < -0.3 is 15.4 Å². The van der Waals surface area contributed by atoms with Crippen LogP contribution in [0.5, 0.6) is 0 Å². The minimum absolute atomic E-state index is 0.0117. The third-order valence-corrected chi connectivity index (χ3v) is 7.48. The number of Topliss-reactive ketones (excluding diaryl/α,β-unsaturated/α-hetero) is 1. The summed E-state index contributed by atoms with van der Waals surface area (Å²) in [6.45, 7) is 12.1. The Kier molecular flexibility index (Phi) is 4.16. The maximum atomic E-state index is 14.6. The lowest BCUT2D eigenvalue weighted by Crippen LogP contribution is -2.55. The van der Waals surface area contributed by atoms with Crippen molar-refractivity contribution in [2.24, 2.45) is 11.1 Å². The first kappa shape index (κ1) is 21.5. The Hall–Kier alpha value is -3.33. The molecule has 4 aliphatic rings. The number of hydrogen-bond acceptors (Lipinski definition) is 5. The van der Waals surface area contributed by atoms with Crippen LogP contribution in [-0.2, 0) is 26.2 Å². The zero-order valence-corrected chi connectivity index (χ0v) is 20.0. The summed E-state index contributed by atoms with van der Waals surface area (Å²) in [5.74, 6) is -0.135. The number of carbonyl (C=O) groups is 2. The monoisotopic (exact) mass is 443 g/mol. The summed E-state index contributed by atoms with van der Waals surface area (Å²) in [6.07, 6.45) is 3.58. The zero-order chi connectivity index (χ0) is 24.1. The number of ether oxygens (including phenoxy) is 1. The van der Waals surface area contributed by atoms with Crippen LogP contribution in [0.2, 0.25) is 0 Å². The molecule has 1 amide bonds. The number of benzene rings is 1. The highest BCUT2D eigenvalue weighted by Gasteiger charge is 2.65. The van der Waals surface area contributed by atoms with Crippen LogP contribution < -0.4 is 10.6 Å². The van der Waals surface area contributed by atoms with Crippen LogP contribution in [0.3, 0.4) is 0 Å². The van der Waals surface area contributed by atoms with Crippen LogP contribution in [0, 0.1) is 16.7 Å². The molecule has 2 N–H and O–H groups in total. The summed E-state index contributed by atoms with van der Waals surface area (Å²) in [5, 5.41) is 10.3. The molecule has 1 atom stereocenters. The highest BCUT2D eigenvalue weighted by Crippen LogP contribution is 2.61. The van der Waals surface area contributed by atoms with Gasteiger partial charge in [-0.3, -0.25) is 9.59 Å². The van der Waals surface area contributed by atoms with Gasteiger partial charge in [-0.1, -0.05) is 32.9 Å². The Morgan fingerprint density at radius 1 is 1.18 bits per heavy atom. The van der Waals surface area contributed by atoms with Crippen molar-refractivity contribution in [1.82, 2.24) is 0 Å². The number of amides is 1. The van der Waals surface area contributed by atoms with Crippen molar-refractivity contribution in [2.45, 2.75) is 71.8 Å². The van der Waals surface area contributed by atoms with E-state index < -0.39 is 11.0 Å². The minimum Gasteiger partial charge on any atom is -0.444 e. The number of nitrogens with zero attached hydrogens (tertiary/aromatic N) is 2. The molecule has 1 aromatic carbocycles. The lowest BCUT2D eigenvalue weighted by molar-refractivity contribution is -0.126. The van der Waals surface area contributed by atoms with Gasteiger partial charge in [0, 0.05) is 24.0 Å². The van der Waals surface area contributed by atoms with E-state index in [1.54, 1.807) is 4.90 Å². The fourth-order valence-electron chi connectivity index (χ4n) is 6.22. The van der Waals surface area contributed by atoms with Crippen LogP contribution in [0.15, 0.2) is 41.0 Å². The molecule has 1 aliphatic carbocycles. The average molecular weight is 444 g/mol. The van der Waals surface area contributed by atoms with Crippen LogP contribution in [0.4, 0.5) is 5.69 Å². The van der Waals surface area contributed by atoms with E-state index in [2.05, 4.69) is 25.1 Å². The molecule has 0 saturated carbocycles. The molecule has 6 heteroatoms. The SMILES string of the molecule is CCc1cc2c3c(c1)C1(C(=O)N3C(C)(C)C=C2C)C(C#N)=C(N)OC2=C1C(=O)CC(C)(C)C2. The van der Waals surface area contributed by atoms with E-state index in [-0.39, 0.29) is 40.6 Å². The van der Waals surface area contributed by atoms with Crippen molar-refractivity contribution < 1.29 is 14.3 Å². The van der Waals surface area contributed by atoms with E-state index in [0.29, 0.717) is 17.7 Å². The van der Waals surface area contributed by atoms with Crippen molar-refractivity contribution >= 4 is 23.0 Å². The zero-order valence-electron chi connectivity index (χ0n) is 20.0. The lowest BCUT2D eigenvalue weighted by atomic mass is 9.62. The van der Waals surface area contributed by atoms with Crippen molar-refractivity contribution in [3.05, 3.63) is 57.7 Å². The number of nitrogens with two attached hydrogens (primary N) is 1. The van der Waals surface area contributed by atoms with Crippen LogP contribution in [0.1, 0.15) is 71.1 Å². The summed E-state index contributed by atoms with van der Waals surface area (Å²) in [7, 11) is 0. The predicted octanol–water partition coefficient (Wildman–Crippen LogP) is 4.40. The van der Waals surface area contributed by atoms with E-state index in [0.717, 1.165) is 28.8 Å². The molecule has 3 aliphatic heterocycles. The summed E-state index contributed by atoms with van der Waals surface area (Å²) < 4.78 is 5.90. The number of aryl methyl sites for hydroxylation is 1. The second-order valence-electron chi connectivity index (χ2n) is 11.0. The summed E-state index contributed by atoms with van der Waals surface area (Å²) in [4.78, 5) is 30.0. The number of hydrogen-bond donors (Lipinski definition) is 1. The number of rotatable bonds is 1. The molecule has 6 nitrogen and oxygen atoms in total. The molecule has 3 heterocycles. The summed E-state index contributed by atoms with van der Waals surface area (Å²) >= 11 is 0. The van der Waals surface area contributed by atoms with Crippen molar-refractivity contribution in [2.75, 3.05) is 4.90 Å². The van der Waals surface area contributed by atoms with E-state index in [1.807, 2.05) is 40.7 Å². The number of ketones is 1. The highest BCUT2D eigenvalue weighted by molar-refractivity contribution is 6.22. The molecule has 0 bridgehead atoms. The van der Waals surface area contributed by atoms with Crippen molar-refractivity contribution in [3.63, 3.8) is 0 Å². The van der Waals surface area contributed by atoms with Gasteiger partial charge in [0.25, 0.3) is 0 Å². The van der Waals surface area contributed by atoms with Gasteiger partial charge in [0.1, 0.15) is 22.8 Å². The first-order valence-electron chi connectivity index (χ1n) is 11.5. The van der Waals surface area contributed by atoms with Gasteiger partial charge in [-0.15, -0.1) is 0 Å². The molecule has 0 fully saturated rings. The average Bonchev–Trinajstić information content (AvgIpc) is 2.94. The topological polar surface area (TPSA) is 96.4 Å². The Balaban J connectivity index is 1.96. The van der Waals surface area contributed by atoms with Gasteiger partial charge >= 0.3 is 0 Å². The molecule has 1 aromatic rings. The first-order chi connectivity index (χ1) is 15.4. The van der Waals surface area contributed by atoms with Crippen LogP contribution >= 0.6 is 0 Å². The van der Waals surface area contributed by atoms with Gasteiger partial charge in [0.15, 0.2) is 5.78 Å². The van der Waals surface area contributed by atoms with Crippen molar-refractivity contribution in [3.8, 4) is 6.07 Å². The van der Waals surface area contributed by atoms with E-state index in [4.69, 9.17) is 10.5 Å². The van der Waals surface area contributed by atoms with Gasteiger partial charge in [-0.25, -0.2) is 0 Å². The number of carbonyl (C=O) groups excluding carboxylic acids is 2. The maximum Gasteiger partial charge on any atom is 0.248 e. The fraction of sp³-hybridized carbons (Fsp3) is 0.444.